The lowest BCUT2D eigenvalue weighted by molar-refractivity contribution is 0.0620. The molecule has 178 valence electrons. The Balaban J connectivity index is 1.17. The van der Waals surface area contributed by atoms with Crippen LogP contribution in [-0.4, -0.2) is 70.1 Å². The fourth-order valence-electron chi connectivity index (χ4n) is 4.05. The summed E-state index contributed by atoms with van der Waals surface area (Å²) in [4.78, 5) is 30.5. The first kappa shape index (κ1) is 22.9. The highest BCUT2D eigenvalue weighted by Crippen LogP contribution is 2.35. The van der Waals surface area contributed by atoms with E-state index < -0.39 is 0 Å². The molecule has 1 amide bonds. The van der Waals surface area contributed by atoms with Crippen LogP contribution in [0.15, 0.2) is 34.9 Å². The minimum atomic E-state index is 0.0960. The summed E-state index contributed by atoms with van der Waals surface area (Å²) in [5.74, 6) is 1.31. The van der Waals surface area contributed by atoms with Crippen molar-refractivity contribution < 1.29 is 9.32 Å². The number of rotatable bonds is 7. The summed E-state index contributed by atoms with van der Waals surface area (Å²) in [5.41, 5.74) is 2.15. The van der Waals surface area contributed by atoms with E-state index in [1.165, 1.54) is 16.9 Å². The molecule has 4 heterocycles. The minimum Gasteiger partial charge on any atom is -0.349 e. The number of anilines is 1. The number of nitrogens with zero attached hydrogens (tertiary/aromatic N) is 6. The van der Waals surface area contributed by atoms with Gasteiger partial charge in [0, 0.05) is 44.8 Å². The fraction of sp³-hybridized carbons (Fsp3) is 0.417. The molecule has 1 saturated heterocycles. The van der Waals surface area contributed by atoms with E-state index in [4.69, 9.17) is 9.51 Å². The summed E-state index contributed by atoms with van der Waals surface area (Å²) in [6.45, 7) is 11.7. The minimum absolute atomic E-state index is 0.0960. The van der Waals surface area contributed by atoms with Crippen molar-refractivity contribution in [1.29, 1.82) is 0 Å². The number of hydrogen-bond donors (Lipinski definition) is 0. The Labute approximate surface area is 206 Å². The molecule has 10 heteroatoms. The first-order chi connectivity index (χ1) is 16.5. The normalized spacial score (nSPS) is 14.7. The van der Waals surface area contributed by atoms with Crippen molar-refractivity contribution in [2.45, 2.75) is 27.3 Å². The lowest BCUT2D eigenvalue weighted by atomic mass is 10.1. The first-order valence-electron chi connectivity index (χ1n) is 11.6. The van der Waals surface area contributed by atoms with Crippen LogP contribution in [0.3, 0.4) is 0 Å². The quantitative estimate of drug-likeness (QED) is 0.372. The number of aromatic nitrogens is 3. The zero-order valence-electron chi connectivity index (χ0n) is 19.7. The molecule has 0 aliphatic carbocycles. The van der Waals surface area contributed by atoms with Crippen molar-refractivity contribution >= 4 is 43.2 Å². The molecular weight excluding hydrogens is 468 g/mol. The highest BCUT2D eigenvalue weighted by atomic mass is 32.1. The Hall–Kier alpha value is -2.82. The van der Waals surface area contributed by atoms with Gasteiger partial charge in [0.15, 0.2) is 5.13 Å². The van der Waals surface area contributed by atoms with Gasteiger partial charge in [-0.05, 0) is 26.8 Å². The monoisotopic (exact) mass is 496 g/mol. The highest BCUT2D eigenvalue weighted by molar-refractivity contribution is 7.29. The number of carbonyl (C=O) groups is 1. The van der Waals surface area contributed by atoms with Gasteiger partial charge >= 0.3 is 0 Å². The maximum Gasteiger partial charge on any atom is 0.264 e. The molecule has 34 heavy (non-hydrogen) atoms. The average molecular weight is 497 g/mol. The zero-order valence-corrected chi connectivity index (χ0v) is 21.3. The van der Waals surface area contributed by atoms with Crippen LogP contribution in [-0.2, 0) is 6.54 Å². The second kappa shape index (κ2) is 9.81. The van der Waals surface area contributed by atoms with E-state index in [1.807, 2.05) is 35.2 Å². The largest absolute Gasteiger partial charge is 0.349 e. The molecule has 0 N–H and O–H groups in total. The van der Waals surface area contributed by atoms with Crippen molar-refractivity contribution in [3.63, 3.8) is 0 Å². The van der Waals surface area contributed by atoms with Gasteiger partial charge in [-0.25, -0.2) is 4.98 Å². The Bertz CT molecular complexity index is 1230. The predicted octanol–water partition coefficient (Wildman–Crippen LogP) is 4.52. The summed E-state index contributed by atoms with van der Waals surface area (Å²) in [6, 6.07) is 10.1. The number of aryl methyl sites for hydroxylation is 1. The number of carbonyl (C=O) groups excluding carboxylic acids is 1. The number of hydrogen-bond acceptors (Lipinski definition) is 9. The van der Waals surface area contributed by atoms with Gasteiger partial charge in [0.25, 0.3) is 5.91 Å². The number of piperazine rings is 1. The fourth-order valence-corrected chi connectivity index (χ4v) is 6.36. The smallest absolute Gasteiger partial charge is 0.264 e. The molecule has 5 rings (SSSR count). The molecule has 3 aromatic heterocycles. The van der Waals surface area contributed by atoms with Crippen molar-refractivity contribution in [1.82, 2.24) is 24.9 Å². The molecule has 0 unspecified atom stereocenters. The van der Waals surface area contributed by atoms with Gasteiger partial charge in [-0.1, -0.05) is 46.3 Å². The predicted molar refractivity (Wildman–Crippen MR) is 137 cm³/mol. The molecule has 0 atom stereocenters. The van der Waals surface area contributed by atoms with Crippen molar-refractivity contribution in [3.05, 3.63) is 46.7 Å². The third-order valence-corrected chi connectivity index (χ3v) is 8.33. The van der Waals surface area contributed by atoms with Crippen molar-refractivity contribution in [3.8, 4) is 11.4 Å². The lowest BCUT2D eigenvalue weighted by Crippen LogP contribution is -2.48. The standard InChI is InChI=1S/C24H28N6O2S2/c1-4-29(5-2)24-26-22-18(34-24)14-19(33-22)23(31)30-12-10-28(11-13-30)15-20-25-21(27-32-20)17-8-6-16(3)7-9-17/h6-9,14H,4-5,10-13,15H2,1-3H3. The maximum absolute atomic E-state index is 13.1. The Morgan fingerprint density at radius 2 is 1.79 bits per heavy atom. The van der Waals surface area contributed by atoms with Crippen LogP contribution in [0.5, 0.6) is 0 Å². The van der Waals surface area contributed by atoms with E-state index in [2.05, 4.69) is 40.7 Å². The molecule has 1 aliphatic rings. The van der Waals surface area contributed by atoms with Crippen LogP contribution in [0.1, 0.15) is 35.0 Å². The molecular formula is C24H28N6O2S2. The molecule has 1 aromatic carbocycles. The SMILES string of the molecule is CCN(CC)c1nc2sc(C(=O)N3CCN(Cc4nc(-c5ccc(C)cc5)no4)CC3)cc2s1. The van der Waals surface area contributed by atoms with Gasteiger partial charge in [-0.3, -0.25) is 9.69 Å². The summed E-state index contributed by atoms with van der Waals surface area (Å²) >= 11 is 3.16. The summed E-state index contributed by atoms with van der Waals surface area (Å²) in [6.07, 6.45) is 0. The van der Waals surface area contributed by atoms with Crippen LogP contribution in [0, 0.1) is 6.92 Å². The second-order valence-electron chi connectivity index (χ2n) is 8.39. The molecule has 0 radical (unpaired) electrons. The average Bonchev–Trinajstić information content (AvgIpc) is 3.56. The molecule has 8 nitrogen and oxygen atoms in total. The van der Waals surface area contributed by atoms with Crippen LogP contribution in [0.25, 0.3) is 20.9 Å². The van der Waals surface area contributed by atoms with Gasteiger partial charge in [-0.15, -0.1) is 11.3 Å². The van der Waals surface area contributed by atoms with Crippen LogP contribution in [0.2, 0.25) is 0 Å². The number of thiophene rings is 1. The van der Waals surface area contributed by atoms with Crippen LogP contribution in [0.4, 0.5) is 5.13 Å². The van der Waals surface area contributed by atoms with Crippen molar-refractivity contribution in [2.24, 2.45) is 0 Å². The Kier molecular flexibility index (Phi) is 6.62. The van der Waals surface area contributed by atoms with Gasteiger partial charge in [0.2, 0.25) is 11.7 Å². The molecule has 0 bridgehead atoms. The first-order valence-corrected chi connectivity index (χ1v) is 13.2. The van der Waals surface area contributed by atoms with Gasteiger partial charge < -0.3 is 14.3 Å². The van der Waals surface area contributed by atoms with Gasteiger partial charge in [0.1, 0.15) is 4.83 Å². The molecule has 0 spiro atoms. The molecule has 1 fully saturated rings. The zero-order chi connectivity index (χ0) is 23.7. The highest BCUT2D eigenvalue weighted by Gasteiger charge is 2.25. The van der Waals surface area contributed by atoms with E-state index in [0.29, 0.717) is 31.3 Å². The third-order valence-electron chi connectivity index (χ3n) is 6.12. The molecule has 0 saturated carbocycles. The summed E-state index contributed by atoms with van der Waals surface area (Å²) in [7, 11) is 0. The topological polar surface area (TPSA) is 78.6 Å². The Morgan fingerprint density at radius 1 is 1.06 bits per heavy atom. The van der Waals surface area contributed by atoms with Gasteiger partial charge in [0.05, 0.1) is 16.1 Å². The summed E-state index contributed by atoms with van der Waals surface area (Å²) < 4.78 is 6.56. The van der Waals surface area contributed by atoms with E-state index in [0.717, 1.165) is 51.3 Å². The summed E-state index contributed by atoms with van der Waals surface area (Å²) in [5, 5.41) is 5.16. The lowest BCUT2D eigenvalue weighted by Gasteiger charge is -2.33. The molecule has 1 aliphatic heterocycles. The number of amides is 1. The van der Waals surface area contributed by atoms with Crippen molar-refractivity contribution in [2.75, 3.05) is 44.2 Å². The maximum atomic E-state index is 13.1. The third kappa shape index (κ3) is 4.70. The van der Waals surface area contributed by atoms with Crippen LogP contribution >= 0.6 is 22.7 Å². The Morgan fingerprint density at radius 3 is 2.47 bits per heavy atom. The van der Waals surface area contributed by atoms with E-state index in [1.54, 1.807) is 11.3 Å². The van der Waals surface area contributed by atoms with E-state index >= 15 is 0 Å². The number of benzene rings is 1. The second-order valence-corrected chi connectivity index (χ2v) is 10.4. The number of fused-ring (bicyclic) bond motifs is 1. The van der Waals surface area contributed by atoms with E-state index in [-0.39, 0.29) is 5.91 Å². The molecule has 4 aromatic rings. The van der Waals surface area contributed by atoms with Gasteiger partial charge in [-0.2, -0.15) is 4.98 Å². The van der Waals surface area contributed by atoms with E-state index in [9.17, 15) is 4.79 Å². The number of thiazole rings is 1. The van der Waals surface area contributed by atoms with Crippen LogP contribution < -0.4 is 4.90 Å².